The van der Waals surface area contributed by atoms with Gasteiger partial charge in [-0.05, 0) is 13.3 Å². The molecule has 0 aliphatic heterocycles. The van der Waals surface area contributed by atoms with Gasteiger partial charge < -0.3 is 5.32 Å². The molecule has 6 nitrogen and oxygen atoms in total. The zero-order chi connectivity index (χ0) is 13.6. The van der Waals surface area contributed by atoms with Crippen molar-refractivity contribution in [3.63, 3.8) is 0 Å². The van der Waals surface area contributed by atoms with Crippen molar-refractivity contribution in [3.05, 3.63) is 12.4 Å². The van der Waals surface area contributed by atoms with Crippen molar-refractivity contribution in [1.29, 1.82) is 0 Å². The van der Waals surface area contributed by atoms with Crippen molar-refractivity contribution >= 4 is 16.0 Å². The van der Waals surface area contributed by atoms with Crippen LogP contribution in [0.2, 0.25) is 0 Å². The van der Waals surface area contributed by atoms with E-state index in [2.05, 4.69) is 26.9 Å². The Labute approximate surface area is 108 Å². The number of sulfonamides is 1. The summed E-state index contributed by atoms with van der Waals surface area (Å²) in [4.78, 5) is 7.87. The average molecular weight is 272 g/mol. The molecule has 1 aromatic rings. The third kappa shape index (κ3) is 4.23. The van der Waals surface area contributed by atoms with Crippen molar-refractivity contribution in [2.45, 2.75) is 44.0 Å². The summed E-state index contributed by atoms with van der Waals surface area (Å²) in [7, 11) is -1.84. The fourth-order valence-corrected chi connectivity index (χ4v) is 2.65. The first kappa shape index (κ1) is 14.8. The van der Waals surface area contributed by atoms with Gasteiger partial charge in [0.05, 0.1) is 12.4 Å². The maximum Gasteiger partial charge on any atom is 0.243 e. The predicted octanol–water partition coefficient (Wildman–Crippen LogP) is 1.38. The minimum Gasteiger partial charge on any atom is -0.357 e. The Kier molecular flexibility index (Phi) is 5.49. The molecule has 1 aromatic heterocycles. The summed E-state index contributed by atoms with van der Waals surface area (Å²) in [5.41, 5.74) is 0. The Morgan fingerprint density at radius 3 is 2.44 bits per heavy atom. The second kappa shape index (κ2) is 6.65. The SMILES string of the molecule is CCCCC(C)NS(=O)(=O)c1cnc(NC)nc1. The van der Waals surface area contributed by atoms with E-state index in [1.54, 1.807) is 7.05 Å². The summed E-state index contributed by atoms with van der Waals surface area (Å²) in [5.74, 6) is 0.396. The zero-order valence-corrected chi connectivity index (χ0v) is 11.8. The Morgan fingerprint density at radius 1 is 1.33 bits per heavy atom. The van der Waals surface area contributed by atoms with Crippen molar-refractivity contribution in [2.24, 2.45) is 0 Å². The lowest BCUT2D eigenvalue weighted by Crippen LogP contribution is -2.32. The Balaban J connectivity index is 2.73. The van der Waals surface area contributed by atoms with Crippen LogP contribution in [0.15, 0.2) is 17.3 Å². The van der Waals surface area contributed by atoms with Crippen molar-refractivity contribution in [1.82, 2.24) is 14.7 Å². The van der Waals surface area contributed by atoms with E-state index in [4.69, 9.17) is 0 Å². The highest BCUT2D eigenvalue weighted by Gasteiger charge is 2.17. The minimum absolute atomic E-state index is 0.0843. The normalized spacial score (nSPS) is 13.3. The molecule has 0 saturated carbocycles. The molecule has 18 heavy (non-hydrogen) atoms. The molecule has 102 valence electrons. The molecular formula is C11H20N4O2S. The first-order valence-electron chi connectivity index (χ1n) is 6.01. The van der Waals surface area contributed by atoms with Crippen LogP contribution in [0.5, 0.6) is 0 Å². The first-order chi connectivity index (χ1) is 8.49. The maximum absolute atomic E-state index is 12.0. The van der Waals surface area contributed by atoms with Gasteiger partial charge >= 0.3 is 0 Å². The number of aromatic nitrogens is 2. The van der Waals surface area contributed by atoms with Crippen LogP contribution in [0.1, 0.15) is 33.1 Å². The molecule has 1 atom stereocenters. The van der Waals surface area contributed by atoms with Crippen LogP contribution in [0.4, 0.5) is 5.95 Å². The third-order valence-corrected chi connectivity index (χ3v) is 4.05. The molecule has 0 amide bonds. The Morgan fingerprint density at radius 2 is 1.94 bits per heavy atom. The topological polar surface area (TPSA) is 84.0 Å². The lowest BCUT2D eigenvalue weighted by molar-refractivity contribution is 0.533. The van der Waals surface area contributed by atoms with Gasteiger partial charge in [-0.1, -0.05) is 19.8 Å². The van der Waals surface area contributed by atoms with Gasteiger partial charge in [-0.15, -0.1) is 0 Å². The number of hydrogen-bond donors (Lipinski definition) is 2. The number of nitrogens with zero attached hydrogens (tertiary/aromatic N) is 2. The van der Waals surface area contributed by atoms with E-state index in [1.807, 2.05) is 6.92 Å². The molecular weight excluding hydrogens is 252 g/mol. The molecule has 1 heterocycles. The van der Waals surface area contributed by atoms with Gasteiger partial charge in [0.1, 0.15) is 4.90 Å². The maximum atomic E-state index is 12.0. The van der Waals surface area contributed by atoms with Gasteiger partial charge in [0.25, 0.3) is 0 Å². The molecule has 0 saturated heterocycles. The monoisotopic (exact) mass is 272 g/mol. The Hall–Kier alpha value is -1.21. The summed E-state index contributed by atoms with van der Waals surface area (Å²) in [5, 5.41) is 2.74. The lowest BCUT2D eigenvalue weighted by atomic mass is 10.2. The highest BCUT2D eigenvalue weighted by Crippen LogP contribution is 2.09. The van der Waals surface area contributed by atoms with Gasteiger partial charge in [0.2, 0.25) is 16.0 Å². The summed E-state index contributed by atoms with van der Waals surface area (Å²) < 4.78 is 26.6. The number of anilines is 1. The van der Waals surface area contributed by atoms with Gasteiger partial charge in [-0.3, -0.25) is 0 Å². The van der Waals surface area contributed by atoms with Crippen LogP contribution in [-0.4, -0.2) is 31.5 Å². The highest BCUT2D eigenvalue weighted by atomic mass is 32.2. The summed E-state index contributed by atoms with van der Waals surface area (Å²) in [6, 6.07) is -0.0843. The molecule has 0 aliphatic carbocycles. The fraction of sp³-hybridized carbons (Fsp3) is 0.636. The van der Waals surface area contributed by atoms with Gasteiger partial charge in [0.15, 0.2) is 0 Å². The molecule has 0 spiro atoms. The number of rotatable bonds is 7. The molecule has 0 radical (unpaired) electrons. The standard InChI is InChI=1S/C11H20N4O2S/c1-4-5-6-9(2)15-18(16,17)10-7-13-11(12-3)14-8-10/h7-9,15H,4-6H2,1-3H3,(H,12,13,14). The summed E-state index contributed by atoms with van der Waals surface area (Å²) in [6.07, 6.45) is 5.47. The lowest BCUT2D eigenvalue weighted by Gasteiger charge is -2.13. The third-order valence-electron chi connectivity index (χ3n) is 2.51. The molecule has 0 aromatic carbocycles. The van der Waals surface area contributed by atoms with Gasteiger partial charge in [-0.2, -0.15) is 0 Å². The molecule has 0 aliphatic rings. The molecule has 7 heteroatoms. The summed E-state index contributed by atoms with van der Waals surface area (Å²) >= 11 is 0. The van der Waals surface area contributed by atoms with E-state index in [0.29, 0.717) is 5.95 Å². The van der Waals surface area contributed by atoms with E-state index in [0.717, 1.165) is 19.3 Å². The first-order valence-corrected chi connectivity index (χ1v) is 7.50. The number of hydrogen-bond acceptors (Lipinski definition) is 5. The predicted molar refractivity (Wildman–Crippen MR) is 70.9 cm³/mol. The van der Waals surface area contributed by atoms with Gasteiger partial charge in [0, 0.05) is 13.1 Å². The second-order valence-electron chi connectivity index (χ2n) is 4.16. The van der Waals surface area contributed by atoms with Crippen molar-refractivity contribution in [3.8, 4) is 0 Å². The van der Waals surface area contributed by atoms with E-state index < -0.39 is 10.0 Å². The van der Waals surface area contributed by atoms with Crippen LogP contribution in [0.3, 0.4) is 0 Å². The van der Waals surface area contributed by atoms with Crippen molar-refractivity contribution < 1.29 is 8.42 Å². The zero-order valence-electron chi connectivity index (χ0n) is 11.0. The van der Waals surface area contributed by atoms with E-state index in [9.17, 15) is 8.42 Å². The smallest absolute Gasteiger partial charge is 0.243 e. The number of unbranched alkanes of at least 4 members (excludes halogenated alkanes) is 1. The van der Waals surface area contributed by atoms with Crippen LogP contribution in [0.25, 0.3) is 0 Å². The molecule has 0 fully saturated rings. The van der Waals surface area contributed by atoms with Crippen LogP contribution < -0.4 is 10.0 Å². The quantitative estimate of drug-likeness (QED) is 0.783. The number of nitrogens with one attached hydrogen (secondary N) is 2. The largest absolute Gasteiger partial charge is 0.357 e. The van der Waals surface area contributed by atoms with E-state index in [1.165, 1.54) is 12.4 Å². The van der Waals surface area contributed by atoms with Crippen molar-refractivity contribution in [2.75, 3.05) is 12.4 Å². The van der Waals surface area contributed by atoms with Crippen LogP contribution >= 0.6 is 0 Å². The van der Waals surface area contributed by atoms with Gasteiger partial charge in [-0.25, -0.2) is 23.1 Å². The summed E-state index contributed by atoms with van der Waals surface area (Å²) in [6.45, 7) is 3.93. The highest BCUT2D eigenvalue weighted by molar-refractivity contribution is 7.89. The molecule has 1 rings (SSSR count). The molecule has 0 bridgehead atoms. The minimum atomic E-state index is -3.52. The molecule has 2 N–H and O–H groups in total. The second-order valence-corrected chi connectivity index (χ2v) is 5.87. The van der Waals surface area contributed by atoms with E-state index >= 15 is 0 Å². The van der Waals surface area contributed by atoms with Crippen LogP contribution in [0, 0.1) is 0 Å². The Bertz CT molecular complexity index is 458. The fourth-order valence-electron chi connectivity index (χ4n) is 1.49. The van der Waals surface area contributed by atoms with Crippen LogP contribution in [-0.2, 0) is 10.0 Å². The average Bonchev–Trinajstić information content (AvgIpc) is 2.36. The molecule has 1 unspecified atom stereocenters. The van der Waals surface area contributed by atoms with E-state index in [-0.39, 0.29) is 10.9 Å².